The van der Waals surface area contributed by atoms with Crippen molar-refractivity contribution in [2.45, 2.75) is 43.1 Å². The van der Waals surface area contributed by atoms with E-state index in [0.717, 1.165) is 12.8 Å². The summed E-state index contributed by atoms with van der Waals surface area (Å²) in [5, 5.41) is 0.0792. The lowest BCUT2D eigenvalue weighted by atomic mass is 10.2. The Bertz CT molecular complexity index is 444. The zero-order valence-corrected chi connectivity index (χ0v) is 12.5. The summed E-state index contributed by atoms with van der Waals surface area (Å²) in [7, 11) is -3.47. The third kappa shape index (κ3) is 4.40. The molecule has 98 valence electrons. The van der Waals surface area contributed by atoms with E-state index in [1.54, 1.807) is 4.57 Å². The Labute approximate surface area is 111 Å². The van der Waals surface area contributed by atoms with Gasteiger partial charge in [-0.25, -0.2) is 18.1 Å². The summed E-state index contributed by atoms with van der Waals surface area (Å²) < 4.78 is 28.0. The third-order valence-electron chi connectivity index (χ3n) is 2.35. The molecule has 0 saturated carbocycles. The summed E-state index contributed by atoms with van der Waals surface area (Å²) >= 11 is 3.43. The number of hydrogen-bond acceptors (Lipinski definition) is 3. The maximum atomic E-state index is 11.9. The van der Waals surface area contributed by atoms with Gasteiger partial charge in [-0.15, -0.1) is 0 Å². The highest BCUT2D eigenvalue weighted by atomic mass is 79.9. The van der Waals surface area contributed by atoms with Crippen LogP contribution in [0.15, 0.2) is 17.6 Å². The van der Waals surface area contributed by atoms with Gasteiger partial charge in [0.2, 0.25) is 0 Å². The predicted octanol–water partition coefficient (Wildman–Crippen LogP) is 1.74. The quantitative estimate of drug-likeness (QED) is 0.777. The molecule has 0 aliphatic heterocycles. The number of halogens is 1. The molecule has 5 nitrogen and oxygen atoms in total. The smallest absolute Gasteiger partial charge is 0.259 e. The van der Waals surface area contributed by atoms with Crippen LogP contribution in [0.3, 0.4) is 0 Å². The minimum absolute atomic E-state index is 0.0792. The molecule has 0 aliphatic rings. The van der Waals surface area contributed by atoms with Gasteiger partial charge in [0.05, 0.1) is 6.33 Å². The molecule has 0 spiro atoms. The van der Waals surface area contributed by atoms with Crippen molar-refractivity contribution in [3.8, 4) is 0 Å². The van der Waals surface area contributed by atoms with Gasteiger partial charge in [-0.1, -0.05) is 29.3 Å². The third-order valence-corrected chi connectivity index (χ3v) is 4.44. The maximum Gasteiger partial charge on any atom is 0.259 e. The van der Waals surface area contributed by atoms with Gasteiger partial charge in [0.15, 0.2) is 5.03 Å². The standard InChI is InChI=1S/C10H18BrN3O2S/c1-3-5-9(11)6-13-17(15,16)10-7-14(4-2)8-12-10/h7-9,13H,3-6H2,1-2H3. The highest BCUT2D eigenvalue weighted by Crippen LogP contribution is 2.09. The van der Waals surface area contributed by atoms with Crippen LogP contribution in [0.4, 0.5) is 0 Å². The van der Waals surface area contributed by atoms with Gasteiger partial charge < -0.3 is 4.57 Å². The van der Waals surface area contributed by atoms with E-state index in [-0.39, 0.29) is 9.85 Å². The lowest BCUT2D eigenvalue weighted by Crippen LogP contribution is -2.29. The average Bonchev–Trinajstić information content (AvgIpc) is 2.76. The summed E-state index contributed by atoms with van der Waals surface area (Å²) in [6.07, 6.45) is 5.01. The highest BCUT2D eigenvalue weighted by molar-refractivity contribution is 9.09. The van der Waals surface area contributed by atoms with Crippen LogP contribution in [0.25, 0.3) is 0 Å². The fourth-order valence-corrected chi connectivity index (χ4v) is 3.20. The Morgan fingerprint density at radius 2 is 2.24 bits per heavy atom. The van der Waals surface area contributed by atoms with Crippen LogP contribution in [0, 0.1) is 0 Å². The van der Waals surface area contributed by atoms with E-state index in [9.17, 15) is 8.42 Å². The molecular weight excluding hydrogens is 306 g/mol. The molecule has 0 bridgehead atoms. The van der Waals surface area contributed by atoms with Gasteiger partial charge in [-0.2, -0.15) is 0 Å². The molecule has 17 heavy (non-hydrogen) atoms. The number of rotatable bonds is 7. The number of nitrogens with one attached hydrogen (secondary N) is 1. The van der Waals surface area contributed by atoms with Crippen molar-refractivity contribution in [1.82, 2.24) is 14.3 Å². The van der Waals surface area contributed by atoms with Crippen molar-refractivity contribution in [2.75, 3.05) is 6.54 Å². The van der Waals surface area contributed by atoms with Gasteiger partial charge in [-0.05, 0) is 13.3 Å². The molecule has 1 rings (SSSR count). The van der Waals surface area contributed by atoms with Crippen LogP contribution in [0.1, 0.15) is 26.7 Å². The minimum Gasteiger partial charge on any atom is -0.336 e. The Kier molecular flexibility index (Phi) is 5.61. The van der Waals surface area contributed by atoms with Crippen LogP contribution < -0.4 is 4.72 Å². The van der Waals surface area contributed by atoms with Crippen molar-refractivity contribution in [2.24, 2.45) is 0 Å². The van der Waals surface area contributed by atoms with Crippen molar-refractivity contribution in [3.05, 3.63) is 12.5 Å². The van der Waals surface area contributed by atoms with Gasteiger partial charge in [-0.3, -0.25) is 0 Å². The van der Waals surface area contributed by atoms with E-state index in [4.69, 9.17) is 0 Å². The number of aromatic nitrogens is 2. The average molecular weight is 324 g/mol. The van der Waals surface area contributed by atoms with Crippen LogP contribution >= 0.6 is 15.9 Å². The first kappa shape index (κ1) is 14.7. The summed E-state index contributed by atoms with van der Waals surface area (Å²) in [6.45, 7) is 5.08. The molecule has 1 atom stereocenters. The Balaban J connectivity index is 2.62. The zero-order valence-electron chi connectivity index (χ0n) is 10.1. The first-order chi connectivity index (χ1) is 7.99. The first-order valence-electron chi connectivity index (χ1n) is 5.65. The summed E-state index contributed by atoms with van der Waals surface area (Å²) in [5.41, 5.74) is 0. The Morgan fingerprint density at radius 3 is 2.76 bits per heavy atom. The minimum atomic E-state index is -3.47. The second-order valence-electron chi connectivity index (χ2n) is 3.78. The number of alkyl halides is 1. The lowest BCUT2D eigenvalue weighted by Gasteiger charge is -2.09. The van der Waals surface area contributed by atoms with E-state index < -0.39 is 10.0 Å². The van der Waals surface area contributed by atoms with Gasteiger partial charge in [0.1, 0.15) is 0 Å². The molecule has 1 aromatic heterocycles. The summed E-state index contributed by atoms with van der Waals surface area (Å²) in [6, 6.07) is 0. The van der Waals surface area contributed by atoms with E-state index in [1.165, 1.54) is 12.5 Å². The van der Waals surface area contributed by atoms with E-state index in [2.05, 4.69) is 32.6 Å². The number of imidazole rings is 1. The topological polar surface area (TPSA) is 64.0 Å². The number of sulfonamides is 1. The molecule has 0 aromatic carbocycles. The molecule has 0 fully saturated rings. The lowest BCUT2D eigenvalue weighted by molar-refractivity contribution is 0.575. The molecule has 1 N–H and O–H groups in total. The number of hydrogen-bond donors (Lipinski definition) is 1. The number of aryl methyl sites for hydroxylation is 1. The maximum absolute atomic E-state index is 11.9. The molecule has 0 aliphatic carbocycles. The molecular formula is C10H18BrN3O2S. The first-order valence-corrected chi connectivity index (χ1v) is 8.05. The monoisotopic (exact) mass is 323 g/mol. The fraction of sp³-hybridized carbons (Fsp3) is 0.700. The Morgan fingerprint density at radius 1 is 1.53 bits per heavy atom. The van der Waals surface area contributed by atoms with Crippen LogP contribution in [-0.2, 0) is 16.6 Å². The second kappa shape index (κ2) is 6.51. The molecule has 1 heterocycles. The predicted molar refractivity (Wildman–Crippen MR) is 70.7 cm³/mol. The largest absolute Gasteiger partial charge is 0.336 e. The second-order valence-corrected chi connectivity index (χ2v) is 6.79. The van der Waals surface area contributed by atoms with Crippen molar-refractivity contribution < 1.29 is 8.42 Å². The molecule has 0 saturated heterocycles. The van der Waals surface area contributed by atoms with Crippen LogP contribution in [0.2, 0.25) is 0 Å². The van der Waals surface area contributed by atoms with E-state index in [1.807, 2.05) is 6.92 Å². The van der Waals surface area contributed by atoms with Crippen molar-refractivity contribution in [1.29, 1.82) is 0 Å². The highest BCUT2D eigenvalue weighted by Gasteiger charge is 2.18. The normalized spacial score (nSPS) is 13.8. The molecule has 0 amide bonds. The van der Waals surface area contributed by atoms with Crippen molar-refractivity contribution in [3.63, 3.8) is 0 Å². The van der Waals surface area contributed by atoms with Gasteiger partial charge >= 0.3 is 0 Å². The fourth-order valence-electron chi connectivity index (χ4n) is 1.34. The molecule has 1 aromatic rings. The number of nitrogens with zero attached hydrogens (tertiary/aromatic N) is 2. The van der Waals surface area contributed by atoms with Crippen molar-refractivity contribution >= 4 is 26.0 Å². The van der Waals surface area contributed by atoms with Gasteiger partial charge in [0, 0.05) is 24.1 Å². The van der Waals surface area contributed by atoms with E-state index in [0.29, 0.717) is 13.1 Å². The molecule has 7 heteroatoms. The molecule has 1 unspecified atom stereocenters. The SMILES string of the molecule is CCCC(Br)CNS(=O)(=O)c1cn(CC)cn1. The van der Waals surface area contributed by atoms with Crippen LogP contribution in [0.5, 0.6) is 0 Å². The summed E-state index contributed by atoms with van der Waals surface area (Å²) in [5.74, 6) is 0. The van der Waals surface area contributed by atoms with Crippen LogP contribution in [-0.4, -0.2) is 29.3 Å². The van der Waals surface area contributed by atoms with Gasteiger partial charge in [0.25, 0.3) is 10.0 Å². The summed E-state index contributed by atoms with van der Waals surface area (Å²) in [4.78, 5) is 4.04. The van der Waals surface area contributed by atoms with E-state index >= 15 is 0 Å². The zero-order chi connectivity index (χ0) is 12.9. The molecule has 0 radical (unpaired) electrons. The Hall–Kier alpha value is -0.400.